The molecule has 2 N–H and O–H groups in total. The molecule has 1 fully saturated rings. The molecule has 7 heteroatoms. The fourth-order valence-corrected chi connectivity index (χ4v) is 4.51. The van der Waals surface area contributed by atoms with Gasteiger partial charge in [0, 0.05) is 31.5 Å². The number of hydrogen-bond donors (Lipinski definition) is 2. The number of benzene rings is 1. The molecule has 0 aliphatic heterocycles. The molecular weight excluding hydrogens is 397 g/mol. The molecule has 2 aromatic heterocycles. The van der Waals surface area contributed by atoms with Crippen molar-refractivity contribution in [2.75, 3.05) is 0 Å². The molecule has 0 atom stereocenters. The van der Waals surface area contributed by atoms with Crippen molar-refractivity contribution in [1.82, 2.24) is 14.3 Å². The van der Waals surface area contributed by atoms with Crippen LogP contribution in [0, 0.1) is 0 Å². The number of imidazole rings is 1. The number of halogens is 2. The highest BCUT2D eigenvalue weighted by atomic mass is 35.5. The molecule has 4 rings (SSSR count). The van der Waals surface area contributed by atoms with E-state index in [1.54, 1.807) is 24.4 Å². The number of aliphatic hydroxyl groups excluding tert-OH is 1. The lowest BCUT2D eigenvalue weighted by molar-refractivity contribution is 0.0660. The smallest absolute Gasteiger partial charge is 0.156 e. The Kier molecular flexibility index (Phi) is 5.78. The average Bonchev–Trinajstić information content (AvgIpc) is 3.05. The Morgan fingerprint density at radius 1 is 1.07 bits per heavy atom. The predicted molar refractivity (Wildman–Crippen MR) is 111 cm³/mol. The first-order valence-corrected chi connectivity index (χ1v) is 10.3. The molecule has 1 aromatic carbocycles. The van der Waals surface area contributed by atoms with Crippen LogP contribution >= 0.6 is 23.2 Å². The van der Waals surface area contributed by atoms with Crippen molar-refractivity contribution in [1.29, 1.82) is 0 Å². The van der Waals surface area contributed by atoms with Crippen LogP contribution in [0.1, 0.15) is 36.9 Å². The summed E-state index contributed by atoms with van der Waals surface area (Å²) in [6, 6.07) is 9.41. The van der Waals surface area contributed by atoms with Gasteiger partial charge in [0.05, 0.1) is 21.8 Å². The Hall–Kier alpha value is -1.79. The minimum Gasteiger partial charge on any atom is -0.508 e. The number of phenolic OH excluding ortho intramolecular Hbond substituents is 1. The quantitative estimate of drug-likeness (QED) is 0.631. The Labute approximate surface area is 174 Å². The molecule has 1 aliphatic carbocycles. The third-order valence-corrected chi connectivity index (χ3v) is 5.85. The van der Waals surface area contributed by atoms with Gasteiger partial charge in [0.25, 0.3) is 0 Å². The van der Waals surface area contributed by atoms with E-state index in [9.17, 15) is 10.2 Å². The van der Waals surface area contributed by atoms with Gasteiger partial charge in [-0.3, -0.25) is 4.90 Å². The van der Waals surface area contributed by atoms with Gasteiger partial charge in [0.2, 0.25) is 0 Å². The summed E-state index contributed by atoms with van der Waals surface area (Å²) in [6.45, 7) is 1.36. The van der Waals surface area contributed by atoms with Crippen molar-refractivity contribution in [3.63, 3.8) is 0 Å². The van der Waals surface area contributed by atoms with Gasteiger partial charge >= 0.3 is 0 Å². The minimum absolute atomic E-state index is 0.199. The van der Waals surface area contributed by atoms with E-state index in [0.717, 1.165) is 36.9 Å². The van der Waals surface area contributed by atoms with Crippen molar-refractivity contribution in [3.8, 4) is 5.75 Å². The zero-order valence-electron chi connectivity index (χ0n) is 15.4. The van der Waals surface area contributed by atoms with E-state index in [2.05, 4.69) is 4.90 Å². The van der Waals surface area contributed by atoms with Crippen molar-refractivity contribution in [2.45, 2.75) is 50.9 Å². The number of hydrogen-bond acceptors (Lipinski definition) is 4. The average molecular weight is 420 g/mol. The van der Waals surface area contributed by atoms with Gasteiger partial charge in [-0.1, -0.05) is 35.3 Å². The summed E-state index contributed by atoms with van der Waals surface area (Å²) in [5.74, 6) is 0.269. The summed E-state index contributed by atoms with van der Waals surface area (Å²) in [5.41, 5.74) is 2.66. The van der Waals surface area contributed by atoms with Crippen LogP contribution in [-0.4, -0.2) is 36.6 Å². The topological polar surface area (TPSA) is 61.0 Å². The fraction of sp³-hybridized carbons (Fsp3) is 0.381. The summed E-state index contributed by atoms with van der Waals surface area (Å²) in [6.07, 6.45) is 7.08. The molecular formula is C21H23Cl2N3O2. The second-order valence-corrected chi connectivity index (χ2v) is 8.35. The molecule has 0 unspecified atom stereocenters. The van der Waals surface area contributed by atoms with Crippen molar-refractivity contribution >= 4 is 28.8 Å². The normalized spacial score (nSPS) is 20.1. The predicted octanol–water partition coefficient (Wildman–Crippen LogP) is 4.65. The van der Waals surface area contributed by atoms with Gasteiger partial charge in [0.15, 0.2) is 5.65 Å². The number of nitrogens with zero attached hydrogens (tertiary/aromatic N) is 3. The molecule has 1 aliphatic rings. The molecule has 0 amide bonds. The van der Waals surface area contributed by atoms with Crippen molar-refractivity contribution < 1.29 is 10.2 Å². The number of phenols is 1. The highest BCUT2D eigenvalue weighted by Gasteiger charge is 2.26. The van der Waals surface area contributed by atoms with E-state index in [1.165, 1.54) is 0 Å². The zero-order chi connectivity index (χ0) is 19.7. The van der Waals surface area contributed by atoms with Crippen molar-refractivity contribution in [2.24, 2.45) is 0 Å². The van der Waals surface area contributed by atoms with Gasteiger partial charge in [-0.25, -0.2) is 4.98 Å². The lowest BCUT2D eigenvalue weighted by Gasteiger charge is -2.35. The highest BCUT2D eigenvalue weighted by molar-refractivity contribution is 6.36. The van der Waals surface area contributed by atoms with Gasteiger partial charge in [0.1, 0.15) is 5.75 Å². The van der Waals surface area contributed by atoms with E-state index in [1.807, 2.05) is 22.7 Å². The fourth-order valence-electron chi connectivity index (χ4n) is 3.99. The van der Waals surface area contributed by atoms with Gasteiger partial charge < -0.3 is 14.6 Å². The number of fused-ring (bicyclic) bond motifs is 1. The molecule has 1 saturated carbocycles. The SMILES string of the molecule is Oc1cccc(CN(Cc2cn3cc(Cl)cc(Cl)c3n2)C2CCC(O)CC2)c1. The second-order valence-electron chi connectivity index (χ2n) is 7.51. The largest absolute Gasteiger partial charge is 0.508 e. The standard InChI is InChI=1S/C21H23Cl2N3O2/c22-15-9-20(23)21-24-16(13-26(21)11-15)12-25(17-4-6-18(27)7-5-17)10-14-2-1-3-19(28)8-14/h1-3,8-9,11,13,17-18,27-28H,4-7,10,12H2. The second kappa shape index (κ2) is 8.29. The summed E-state index contributed by atoms with van der Waals surface area (Å²) < 4.78 is 1.86. The Balaban J connectivity index is 1.60. The van der Waals surface area contributed by atoms with E-state index in [-0.39, 0.29) is 11.9 Å². The first-order valence-electron chi connectivity index (χ1n) is 9.50. The summed E-state index contributed by atoms with van der Waals surface area (Å²) in [4.78, 5) is 7.07. The highest BCUT2D eigenvalue weighted by Crippen LogP contribution is 2.28. The van der Waals surface area contributed by atoms with Crippen LogP contribution < -0.4 is 0 Å². The third kappa shape index (κ3) is 4.44. The van der Waals surface area contributed by atoms with Crippen LogP contribution in [0.5, 0.6) is 5.75 Å². The molecule has 0 radical (unpaired) electrons. The monoisotopic (exact) mass is 419 g/mol. The Morgan fingerprint density at radius 2 is 1.86 bits per heavy atom. The number of pyridine rings is 1. The van der Waals surface area contributed by atoms with E-state index in [0.29, 0.717) is 34.8 Å². The molecule has 0 saturated heterocycles. The van der Waals surface area contributed by atoms with Crippen molar-refractivity contribution in [3.05, 3.63) is 64.0 Å². The number of aromatic hydroxyl groups is 1. The first-order chi connectivity index (χ1) is 13.5. The maximum Gasteiger partial charge on any atom is 0.156 e. The van der Waals surface area contributed by atoms with E-state index in [4.69, 9.17) is 28.2 Å². The molecule has 148 valence electrons. The maximum absolute atomic E-state index is 9.88. The first kappa shape index (κ1) is 19.5. The molecule has 2 heterocycles. The summed E-state index contributed by atoms with van der Waals surface area (Å²) in [5, 5.41) is 20.8. The lowest BCUT2D eigenvalue weighted by atomic mass is 9.91. The van der Waals surface area contributed by atoms with Gasteiger partial charge in [-0.2, -0.15) is 0 Å². The number of aliphatic hydroxyl groups is 1. The van der Waals surface area contributed by atoms with Crippen LogP contribution in [0.4, 0.5) is 0 Å². The van der Waals surface area contributed by atoms with Crippen LogP contribution in [0.2, 0.25) is 10.0 Å². The number of rotatable bonds is 5. The van der Waals surface area contributed by atoms with E-state index >= 15 is 0 Å². The molecule has 3 aromatic rings. The number of aromatic nitrogens is 2. The van der Waals surface area contributed by atoms with Gasteiger partial charge in [-0.05, 0) is 49.4 Å². The minimum atomic E-state index is -0.199. The lowest BCUT2D eigenvalue weighted by Crippen LogP contribution is -2.38. The Morgan fingerprint density at radius 3 is 2.61 bits per heavy atom. The van der Waals surface area contributed by atoms with Crippen LogP contribution in [-0.2, 0) is 13.1 Å². The van der Waals surface area contributed by atoms with Crippen LogP contribution in [0.15, 0.2) is 42.7 Å². The van der Waals surface area contributed by atoms with Crippen LogP contribution in [0.25, 0.3) is 5.65 Å². The Bertz CT molecular complexity index is 967. The molecule has 5 nitrogen and oxygen atoms in total. The summed E-state index contributed by atoms with van der Waals surface area (Å²) in [7, 11) is 0. The summed E-state index contributed by atoms with van der Waals surface area (Å²) >= 11 is 12.4. The van der Waals surface area contributed by atoms with E-state index < -0.39 is 0 Å². The molecule has 0 bridgehead atoms. The van der Waals surface area contributed by atoms with Gasteiger partial charge in [-0.15, -0.1) is 0 Å². The zero-order valence-corrected chi connectivity index (χ0v) is 16.9. The third-order valence-electron chi connectivity index (χ3n) is 5.37. The molecule has 28 heavy (non-hydrogen) atoms. The van der Waals surface area contributed by atoms with Crippen LogP contribution in [0.3, 0.4) is 0 Å². The maximum atomic E-state index is 9.88. The molecule has 0 spiro atoms.